The molecule has 0 N–H and O–H groups in total. The van der Waals surface area contributed by atoms with Crippen molar-refractivity contribution in [1.29, 1.82) is 0 Å². The lowest BCUT2D eigenvalue weighted by molar-refractivity contribution is -0.164. The molecule has 2 aromatic rings. The molecular weight excluding hydrogens is 414 g/mol. The topological polar surface area (TPSA) is 49.9 Å². The Balaban J connectivity index is 1.42. The molecule has 32 heavy (non-hydrogen) atoms. The zero-order valence-corrected chi connectivity index (χ0v) is 18.3. The minimum absolute atomic E-state index is 0.0583. The first-order valence-electron chi connectivity index (χ1n) is 10.8. The second-order valence-electron chi connectivity index (χ2n) is 9.22. The van der Waals surface area contributed by atoms with E-state index in [2.05, 4.69) is 0 Å². The highest BCUT2D eigenvalue weighted by molar-refractivity contribution is 6.02. The van der Waals surface area contributed by atoms with Gasteiger partial charge in [0.15, 0.2) is 0 Å². The minimum atomic E-state index is -2.88. The lowest BCUT2D eigenvalue weighted by Crippen LogP contribution is -2.47. The molecule has 1 amide bonds. The maximum absolute atomic E-state index is 14.8. The summed E-state index contributed by atoms with van der Waals surface area (Å²) in [6.45, 7) is 3.26. The van der Waals surface area contributed by atoms with E-state index in [0.29, 0.717) is 6.54 Å². The van der Waals surface area contributed by atoms with Crippen LogP contribution >= 0.6 is 0 Å². The number of amides is 1. The number of alkyl halides is 2. The van der Waals surface area contributed by atoms with Crippen molar-refractivity contribution in [2.75, 3.05) is 19.6 Å². The predicted octanol–water partition coefficient (Wildman–Crippen LogP) is 3.73. The highest BCUT2D eigenvalue weighted by Crippen LogP contribution is 2.43. The fourth-order valence-electron chi connectivity index (χ4n) is 4.62. The highest BCUT2D eigenvalue weighted by Gasteiger charge is 2.59. The van der Waals surface area contributed by atoms with Gasteiger partial charge in [-0.15, -0.1) is 0 Å². The maximum atomic E-state index is 14.8. The van der Waals surface area contributed by atoms with Gasteiger partial charge in [-0.2, -0.15) is 0 Å². The van der Waals surface area contributed by atoms with Crippen LogP contribution in [0.2, 0.25) is 0 Å². The second kappa shape index (κ2) is 8.62. The summed E-state index contributed by atoms with van der Waals surface area (Å²) >= 11 is 0. The Labute approximate surface area is 187 Å². The van der Waals surface area contributed by atoms with Gasteiger partial charge in [-0.25, -0.2) is 8.78 Å². The average Bonchev–Trinajstić information content (AvgIpc) is 3.32. The molecule has 170 valence electrons. The molecule has 0 aromatic heterocycles. The fourth-order valence-corrected chi connectivity index (χ4v) is 4.62. The van der Waals surface area contributed by atoms with Crippen LogP contribution in [0.15, 0.2) is 60.7 Å². The van der Waals surface area contributed by atoms with Gasteiger partial charge in [-0.05, 0) is 25.0 Å². The summed E-state index contributed by atoms with van der Waals surface area (Å²) in [5, 5.41) is 0. The van der Waals surface area contributed by atoms with Crippen molar-refractivity contribution in [2.45, 2.75) is 39.0 Å². The molecule has 2 heterocycles. The fraction of sp³-hybridized carbons (Fsp3) is 0.440. The van der Waals surface area contributed by atoms with E-state index < -0.39 is 35.2 Å². The number of halogens is 2. The molecule has 5 nitrogen and oxygen atoms in total. The van der Waals surface area contributed by atoms with Gasteiger partial charge in [0, 0.05) is 25.7 Å². The van der Waals surface area contributed by atoms with Crippen LogP contribution in [0.25, 0.3) is 0 Å². The van der Waals surface area contributed by atoms with Crippen LogP contribution in [-0.2, 0) is 27.5 Å². The Morgan fingerprint density at radius 2 is 1.59 bits per heavy atom. The van der Waals surface area contributed by atoms with Crippen LogP contribution < -0.4 is 0 Å². The van der Waals surface area contributed by atoms with Gasteiger partial charge in [-0.1, -0.05) is 60.7 Å². The van der Waals surface area contributed by atoms with Crippen molar-refractivity contribution in [3.05, 3.63) is 71.8 Å². The van der Waals surface area contributed by atoms with E-state index in [1.807, 2.05) is 60.7 Å². The third kappa shape index (κ3) is 4.39. The first-order chi connectivity index (χ1) is 15.2. The number of nitrogens with zero attached hydrogens (tertiary/aromatic N) is 2. The Hall–Kier alpha value is -2.80. The molecular formula is C25H28F2N2O3. The minimum Gasteiger partial charge on any atom is -0.460 e. The van der Waals surface area contributed by atoms with Gasteiger partial charge in [0.25, 0.3) is 5.92 Å². The van der Waals surface area contributed by atoms with E-state index in [0.717, 1.165) is 11.1 Å². The molecule has 4 rings (SSSR count). The van der Waals surface area contributed by atoms with Crippen molar-refractivity contribution in [3.8, 4) is 0 Å². The number of hydrogen-bond donors (Lipinski definition) is 0. The molecule has 0 aliphatic carbocycles. The molecule has 0 bridgehead atoms. The van der Waals surface area contributed by atoms with E-state index in [4.69, 9.17) is 4.74 Å². The number of carbonyl (C=O) groups is 2. The Bertz CT molecular complexity index is 966. The third-order valence-corrected chi connectivity index (χ3v) is 6.49. The van der Waals surface area contributed by atoms with E-state index in [1.165, 1.54) is 18.7 Å². The zero-order chi connectivity index (χ0) is 22.9. The summed E-state index contributed by atoms with van der Waals surface area (Å²) in [5.41, 5.74) is 0.321. The van der Waals surface area contributed by atoms with E-state index in [-0.39, 0.29) is 26.2 Å². The standard InChI is InChI=1S/C25H28F2N2O3/c1-24(2,23(31)32-16-19-11-7-4-8-12-19)22(30)28-14-20-21(15-28)29(17-25(20,26)27)13-18-9-5-3-6-10-18/h3-12,20-21H,13-17H2,1-2H3/t20-,21+/m1/s1. The molecule has 0 spiro atoms. The molecule has 0 saturated carbocycles. The Morgan fingerprint density at radius 1 is 1.00 bits per heavy atom. The molecule has 2 atom stereocenters. The predicted molar refractivity (Wildman–Crippen MR) is 116 cm³/mol. The molecule has 7 heteroatoms. The first-order valence-corrected chi connectivity index (χ1v) is 10.8. The van der Waals surface area contributed by atoms with Crippen LogP contribution in [0.5, 0.6) is 0 Å². The SMILES string of the molecule is CC(C)(C(=O)OCc1ccccc1)C(=O)N1C[C@@H]2[C@H](C1)N(Cc1ccccc1)CC2(F)F. The molecule has 2 fully saturated rings. The number of carbonyl (C=O) groups excluding carboxylic acids is 2. The average molecular weight is 443 g/mol. The van der Waals surface area contributed by atoms with Gasteiger partial charge in [0.2, 0.25) is 5.91 Å². The van der Waals surface area contributed by atoms with E-state index in [1.54, 1.807) is 4.90 Å². The molecule has 0 unspecified atom stereocenters. The zero-order valence-electron chi connectivity index (χ0n) is 18.3. The number of esters is 1. The Kier molecular flexibility index (Phi) is 6.03. The lowest BCUT2D eigenvalue weighted by atomic mass is 9.91. The van der Waals surface area contributed by atoms with Gasteiger partial charge >= 0.3 is 5.97 Å². The number of benzene rings is 2. The van der Waals surface area contributed by atoms with Crippen molar-refractivity contribution in [1.82, 2.24) is 9.80 Å². The first kappa shape index (κ1) is 22.4. The molecule has 2 aliphatic rings. The number of hydrogen-bond acceptors (Lipinski definition) is 4. The van der Waals surface area contributed by atoms with E-state index >= 15 is 0 Å². The molecule has 2 aliphatic heterocycles. The number of likely N-dealkylation sites (tertiary alicyclic amines) is 2. The van der Waals surface area contributed by atoms with Crippen LogP contribution in [-0.4, -0.2) is 53.3 Å². The van der Waals surface area contributed by atoms with Gasteiger partial charge < -0.3 is 9.64 Å². The quantitative estimate of drug-likeness (QED) is 0.505. The number of fused-ring (bicyclic) bond motifs is 1. The summed E-state index contributed by atoms with van der Waals surface area (Å²) < 4.78 is 34.9. The molecule has 0 radical (unpaired) electrons. The summed E-state index contributed by atoms with van der Waals surface area (Å²) in [5.74, 6) is -4.95. The van der Waals surface area contributed by atoms with Gasteiger partial charge in [0.1, 0.15) is 12.0 Å². The number of rotatable bonds is 6. The van der Waals surface area contributed by atoms with Crippen molar-refractivity contribution in [3.63, 3.8) is 0 Å². The van der Waals surface area contributed by atoms with Gasteiger partial charge in [0.05, 0.1) is 12.5 Å². The lowest BCUT2D eigenvalue weighted by Gasteiger charge is -2.30. The largest absolute Gasteiger partial charge is 0.460 e. The van der Waals surface area contributed by atoms with Crippen LogP contribution in [0.1, 0.15) is 25.0 Å². The Morgan fingerprint density at radius 3 is 2.22 bits per heavy atom. The van der Waals surface area contributed by atoms with Crippen molar-refractivity contribution < 1.29 is 23.1 Å². The van der Waals surface area contributed by atoms with Crippen LogP contribution in [0.4, 0.5) is 8.78 Å². The summed E-state index contributed by atoms with van der Waals surface area (Å²) in [7, 11) is 0. The summed E-state index contributed by atoms with van der Waals surface area (Å²) in [6.07, 6.45) is 0. The maximum Gasteiger partial charge on any atom is 0.321 e. The monoisotopic (exact) mass is 442 g/mol. The van der Waals surface area contributed by atoms with Crippen molar-refractivity contribution in [2.24, 2.45) is 11.3 Å². The van der Waals surface area contributed by atoms with Crippen molar-refractivity contribution >= 4 is 11.9 Å². The van der Waals surface area contributed by atoms with Crippen LogP contribution in [0, 0.1) is 11.3 Å². The highest BCUT2D eigenvalue weighted by atomic mass is 19.3. The van der Waals surface area contributed by atoms with Crippen LogP contribution in [0.3, 0.4) is 0 Å². The number of ether oxygens (including phenoxy) is 1. The summed E-state index contributed by atoms with van der Waals surface area (Å²) in [4.78, 5) is 29.0. The van der Waals surface area contributed by atoms with Gasteiger partial charge in [-0.3, -0.25) is 14.5 Å². The van der Waals surface area contributed by atoms with E-state index in [9.17, 15) is 18.4 Å². The summed E-state index contributed by atoms with van der Waals surface area (Å²) in [6, 6.07) is 18.2. The second-order valence-corrected chi connectivity index (χ2v) is 9.22. The third-order valence-electron chi connectivity index (χ3n) is 6.49. The molecule has 2 aromatic carbocycles. The normalized spacial score (nSPS) is 22.6. The smallest absolute Gasteiger partial charge is 0.321 e. The molecule has 2 saturated heterocycles.